The number of anilines is 1. The van der Waals surface area contributed by atoms with E-state index in [-0.39, 0.29) is 29.4 Å². The van der Waals surface area contributed by atoms with Crippen molar-refractivity contribution in [1.29, 1.82) is 0 Å². The Bertz CT molecular complexity index is 1410. The van der Waals surface area contributed by atoms with Crippen LogP contribution in [0.15, 0.2) is 96.3 Å². The summed E-state index contributed by atoms with van der Waals surface area (Å²) in [6.45, 7) is 2.10. The summed E-state index contributed by atoms with van der Waals surface area (Å²) in [5, 5.41) is 2.72. The molecule has 0 saturated carbocycles. The molecule has 0 aliphatic rings. The van der Waals surface area contributed by atoms with Gasteiger partial charge in [0.15, 0.2) is 11.6 Å². The topological polar surface area (TPSA) is 110 Å². The van der Waals surface area contributed by atoms with E-state index in [1.807, 2.05) is 42.5 Å². The molecule has 2 heterocycles. The number of aromatic nitrogens is 2. The molecule has 2 aromatic carbocycles. The van der Waals surface area contributed by atoms with Gasteiger partial charge in [0, 0.05) is 30.7 Å². The van der Waals surface area contributed by atoms with Crippen LogP contribution in [0.1, 0.15) is 27.0 Å². The second-order valence-electron chi connectivity index (χ2n) is 7.74. The minimum absolute atomic E-state index is 0.0382. The zero-order valence-corrected chi connectivity index (χ0v) is 19.8. The smallest absolute Gasteiger partial charge is 0.256 e. The number of pyridine rings is 2. The third kappa shape index (κ3) is 6.28. The first-order chi connectivity index (χ1) is 16.9. The van der Waals surface area contributed by atoms with Gasteiger partial charge < -0.3 is 10.1 Å². The number of nitrogens with zero attached hydrogens (tertiary/aromatic N) is 2. The maximum absolute atomic E-state index is 13.0. The first-order valence-corrected chi connectivity index (χ1v) is 12.3. The van der Waals surface area contributed by atoms with Crippen molar-refractivity contribution in [2.45, 2.75) is 25.0 Å². The molecule has 0 fully saturated rings. The molecule has 0 radical (unpaired) electrons. The number of hydrogen-bond acceptors (Lipinski definition) is 6. The minimum atomic E-state index is -3.84. The molecule has 4 aromatic rings. The standard InChI is InChI=1S/C26H24N4O4S/c1-19-9-10-22(16-24(19)35(32,33)29-17-20-6-3-2-4-7-20)26(31)30-25-23(8-5-13-28-25)34-18-21-11-14-27-15-12-21/h2-16,29H,17-18H2,1H3,(H,28,30,31). The van der Waals surface area contributed by atoms with Crippen LogP contribution >= 0.6 is 0 Å². The van der Waals surface area contributed by atoms with Crippen LogP contribution in [0.4, 0.5) is 5.82 Å². The number of aryl methyl sites for hydroxylation is 1. The predicted molar refractivity (Wildman–Crippen MR) is 132 cm³/mol. The van der Waals surface area contributed by atoms with Gasteiger partial charge in [-0.3, -0.25) is 9.78 Å². The average molecular weight is 489 g/mol. The Morgan fingerprint density at radius 1 is 0.914 bits per heavy atom. The van der Waals surface area contributed by atoms with E-state index in [9.17, 15) is 13.2 Å². The predicted octanol–water partition coefficient (Wildman–Crippen LogP) is 4.09. The van der Waals surface area contributed by atoms with Crippen molar-refractivity contribution < 1.29 is 17.9 Å². The van der Waals surface area contributed by atoms with Crippen LogP contribution in [0.25, 0.3) is 0 Å². The number of benzene rings is 2. The van der Waals surface area contributed by atoms with Crippen LogP contribution in [0.5, 0.6) is 5.75 Å². The van der Waals surface area contributed by atoms with Crippen LogP contribution in [-0.4, -0.2) is 24.3 Å². The highest BCUT2D eigenvalue weighted by Gasteiger charge is 2.20. The van der Waals surface area contributed by atoms with Gasteiger partial charge in [-0.2, -0.15) is 0 Å². The van der Waals surface area contributed by atoms with Gasteiger partial charge in [0.2, 0.25) is 10.0 Å². The number of sulfonamides is 1. The molecule has 0 atom stereocenters. The molecular weight excluding hydrogens is 464 g/mol. The molecule has 0 aliphatic carbocycles. The molecule has 0 aliphatic heterocycles. The Morgan fingerprint density at radius 3 is 2.46 bits per heavy atom. The van der Waals surface area contributed by atoms with Crippen molar-refractivity contribution in [3.63, 3.8) is 0 Å². The van der Waals surface area contributed by atoms with E-state index in [1.165, 1.54) is 12.3 Å². The van der Waals surface area contributed by atoms with E-state index in [2.05, 4.69) is 20.0 Å². The first kappa shape index (κ1) is 24.1. The lowest BCUT2D eigenvalue weighted by molar-refractivity contribution is 0.102. The molecule has 4 rings (SSSR count). The molecule has 8 nitrogen and oxygen atoms in total. The van der Waals surface area contributed by atoms with Crippen LogP contribution in [0.2, 0.25) is 0 Å². The summed E-state index contributed by atoms with van der Waals surface area (Å²) in [6.07, 6.45) is 4.87. The number of nitrogens with one attached hydrogen (secondary N) is 2. The van der Waals surface area contributed by atoms with Gasteiger partial charge in [-0.05, 0) is 60.0 Å². The van der Waals surface area contributed by atoms with Crippen molar-refractivity contribution in [3.8, 4) is 5.75 Å². The van der Waals surface area contributed by atoms with Crippen LogP contribution in [-0.2, 0) is 23.2 Å². The Labute approximate surface area is 204 Å². The zero-order valence-electron chi connectivity index (χ0n) is 19.0. The van der Waals surface area contributed by atoms with Crippen molar-refractivity contribution in [2.75, 3.05) is 5.32 Å². The van der Waals surface area contributed by atoms with Gasteiger partial charge in [0.1, 0.15) is 6.61 Å². The highest BCUT2D eigenvalue weighted by atomic mass is 32.2. The molecule has 2 N–H and O–H groups in total. The van der Waals surface area contributed by atoms with E-state index in [0.717, 1.165) is 11.1 Å². The maximum Gasteiger partial charge on any atom is 0.256 e. The minimum Gasteiger partial charge on any atom is -0.485 e. The van der Waals surface area contributed by atoms with E-state index in [1.54, 1.807) is 43.6 Å². The summed E-state index contributed by atoms with van der Waals surface area (Å²) in [7, 11) is -3.84. The third-order valence-electron chi connectivity index (χ3n) is 5.20. The largest absolute Gasteiger partial charge is 0.485 e. The first-order valence-electron chi connectivity index (χ1n) is 10.8. The number of carbonyl (C=O) groups excluding carboxylic acids is 1. The van der Waals surface area contributed by atoms with Crippen LogP contribution < -0.4 is 14.8 Å². The third-order valence-corrected chi connectivity index (χ3v) is 6.74. The highest BCUT2D eigenvalue weighted by molar-refractivity contribution is 7.89. The Morgan fingerprint density at radius 2 is 1.69 bits per heavy atom. The molecular formula is C26H24N4O4S. The maximum atomic E-state index is 13.0. The molecule has 0 spiro atoms. The molecule has 35 heavy (non-hydrogen) atoms. The molecule has 9 heteroatoms. The summed E-state index contributed by atoms with van der Waals surface area (Å²) in [5.41, 5.74) is 2.46. The summed E-state index contributed by atoms with van der Waals surface area (Å²) >= 11 is 0. The van der Waals surface area contributed by atoms with E-state index < -0.39 is 15.9 Å². The molecule has 0 unspecified atom stereocenters. The second-order valence-corrected chi connectivity index (χ2v) is 9.47. The van der Waals surface area contributed by atoms with Gasteiger partial charge in [-0.15, -0.1) is 0 Å². The van der Waals surface area contributed by atoms with Crippen molar-refractivity contribution >= 4 is 21.7 Å². The average Bonchev–Trinajstić information content (AvgIpc) is 2.88. The number of ether oxygens (including phenoxy) is 1. The van der Waals surface area contributed by atoms with E-state index >= 15 is 0 Å². The normalized spacial score (nSPS) is 11.1. The lowest BCUT2D eigenvalue weighted by atomic mass is 10.1. The molecule has 178 valence electrons. The Kier molecular flexibility index (Phi) is 7.49. The fraction of sp³-hybridized carbons (Fsp3) is 0.115. The van der Waals surface area contributed by atoms with Gasteiger partial charge in [0.05, 0.1) is 4.90 Å². The van der Waals surface area contributed by atoms with Gasteiger partial charge in [0.25, 0.3) is 5.91 Å². The summed E-state index contributed by atoms with van der Waals surface area (Å²) < 4.78 is 34.3. The van der Waals surface area contributed by atoms with Crippen LogP contribution in [0, 0.1) is 6.92 Å². The number of amides is 1. The second kappa shape index (κ2) is 10.9. The monoisotopic (exact) mass is 488 g/mol. The van der Waals surface area contributed by atoms with Crippen LogP contribution in [0.3, 0.4) is 0 Å². The summed E-state index contributed by atoms with van der Waals surface area (Å²) in [6, 6.07) is 20.8. The SMILES string of the molecule is Cc1ccc(C(=O)Nc2ncccc2OCc2ccncc2)cc1S(=O)(=O)NCc1ccccc1. The molecule has 2 aromatic heterocycles. The number of rotatable bonds is 9. The van der Waals surface area contributed by atoms with Crippen molar-refractivity contribution in [3.05, 3.63) is 114 Å². The summed E-state index contributed by atoms with van der Waals surface area (Å²) in [5.74, 6) is 0.123. The van der Waals surface area contributed by atoms with E-state index in [4.69, 9.17) is 4.74 Å². The Balaban J connectivity index is 1.49. The van der Waals surface area contributed by atoms with Gasteiger partial charge in [-0.25, -0.2) is 18.1 Å². The number of hydrogen-bond donors (Lipinski definition) is 2. The van der Waals surface area contributed by atoms with Gasteiger partial charge in [-0.1, -0.05) is 36.4 Å². The molecule has 0 saturated heterocycles. The molecule has 1 amide bonds. The Hall–Kier alpha value is -4.08. The number of carbonyl (C=O) groups is 1. The lowest BCUT2D eigenvalue weighted by Crippen LogP contribution is -2.24. The summed E-state index contributed by atoms with van der Waals surface area (Å²) in [4.78, 5) is 21.2. The fourth-order valence-corrected chi connectivity index (χ4v) is 4.59. The van der Waals surface area contributed by atoms with Crippen molar-refractivity contribution in [2.24, 2.45) is 0 Å². The van der Waals surface area contributed by atoms with Gasteiger partial charge >= 0.3 is 0 Å². The molecule has 0 bridgehead atoms. The lowest BCUT2D eigenvalue weighted by Gasteiger charge is -2.13. The highest BCUT2D eigenvalue weighted by Crippen LogP contribution is 2.24. The quantitative estimate of drug-likeness (QED) is 0.367. The fourth-order valence-electron chi connectivity index (χ4n) is 3.30. The van der Waals surface area contributed by atoms with E-state index in [0.29, 0.717) is 11.3 Å². The van der Waals surface area contributed by atoms with Crippen molar-refractivity contribution in [1.82, 2.24) is 14.7 Å². The zero-order chi connectivity index (χ0) is 24.7.